The number of phenols is 1. The number of benzene rings is 1. The topological polar surface area (TPSA) is 76.4 Å². The summed E-state index contributed by atoms with van der Waals surface area (Å²) in [6.45, 7) is 2.32. The van der Waals surface area contributed by atoms with E-state index in [4.69, 9.17) is 5.73 Å². The number of nitrogens with two attached hydrogens (primary N) is 1. The van der Waals surface area contributed by atoms with Gasteiger partial charge in [-0.1, -0.05) is 0 Å². The van der Waals surface area contributed by atoms with Gasteiger partial charge in [-0.15, -0.1) is 10.2 Å². The van der Waals surface area contributed by atoms with Crippen molar-refractivity contribution >= 4 is 16.6 Å². The minimum absolute atomic E-state index is 0.223. The van der Waals surface area contributed by atoms with Crippen molar-refractivity contribution in [3.8, 4) is 5.75 Å². The van der Waals surface area contributed by atoms with E-state index in [0.29, 0.717) is 12.4 Å². The summed E-state index contributed by atoms with van der Waals surface area (Å²) in [6, 6.07) is 7.23. The van der Waals surface area contributed by atoms with E-state index in [0.717, 1.165) is 22.1 Å². The van der Waals surface area contributed by atoms with E-state index < -0.39 is 0 Å². The highest BCUT2D eigenvalue weighted by molar-refractivity contribution is 5.86. The van der Waals surface area contributed by atoms with Crippen LogP contribution in [0, 0.1) is 6.92 Å². The second kappa shape index (κ2) is 3.43. The summed E-state index contributed by atoms with van der Waals surface area (Å²) in [5.41, 5.74) is 8.37. The number of rotatable bonds is 1. The van der Waals surface area contributed by atoms with Crippen LogP contribution in [0.1, 0.15) is 11.4 Å². The minimum atomic E-state index is 0.223. The molecule has 0 radical (unpaired) electrons. The molecular weight excluding hydrogens is 216 g/mol. The Kier molecular flexibility index (Phi) is 2.02. The number of hydrogen-bond donors (Lipinski definition) is 2. The van der Waals surface area contributed by atoms with Gasteiger partial charge in [0.25, 0.3) is 0 Å². The Hall–Kier alpha value is -2.14. The fourth-order valence-corrected chi connectivity index (χ4v) is 2.13. The molecule has 3 N–H and O–H groups in total. The van der Waals surface area contributed by atoms with Crippen molar-refractivity contribution in [3.05, 3.63) is 35.7 Å². The molecule has 0 bridgehead atoms. The second-order valence-corrected chi connectivity index (χ2v) is 4.04. The predicted octanol–water partition coefficient (Wildman–Crippen LogP) is 1.36. The van der Waals surface area contributed by atoms with E-state index >= 15 is 0 Å². The molecule has 2 aromatic heterocycles. The van der Waals surface area contributed by atoms with Crippen LogP contribution in [0.25, 0.3) is 16.6 Å². The molecule has 5 nitrogen and oxygen atoms in total. The highest BCUT2D eigenvalue weighted by Gasteiger charge is 2.10. The lowest BCUT2D eigenvalue weighted by Gasteiger charge is -2.07. The Bertz CT molecular complexity index is 717. The fraction of sp³-hybridized carbons (Fsp3) is 0.167. The predicted molar refractivity (Wildman–Crippen MR) is 64.8 cm³/mol. The molecule has 0 saturated heterocycles. The highest BCUT2D eigenvalue weighted by Crippen LogP contribution is 2.25. The molecule has 0 fully saturated rings. The molecule has 17 heavy (non-hydrogen) atoms. The quantitative estimate of drug-likeness (QED) is 0.659. The molecule has 0 atom stereocenters. The SMILES string of the molecule is Cc1cc2nnc(CN)n2c2cc(O)ccc12. The van der Waals surface area contributed by atoms with Gasteiger partial charge in [-0.3, -0.25) is 4.40 Å². The third-order valence-electron chi connectivity index (χ3n) is 2.93. The molecule has 0 saturated carbocycles. The molecule has 0 aliphatic rings. The van der Waals surface area contributed by atoms with E-state index in [9.17, 15) is 5.11 Å². The number of aryl methyl sites for hydroxylation is 1. The lowest BCUT2D eigenvalue weighted by molar-refractivity contribution is 0.476. The van der Waals surface area contributed by atoms with E-state index in [1.807, 2.05) is 23.5 Å². The van der Waals surface area contributed by atoms with Crippen LogP contribution in [0.15, 0.2) is 24.3 Å². The summed E-state index contributed by atoms with van der Waals surface area (Å²) in [6.07, 6.45) is 0. The van der Waals surface area contributed by atoms with Crippen LogP contribution in [0.4, 0.5) is 0 Å². The van der Waals surface area contributed by atoms with Crippen molar-refractivity contribution in [2.75, 3.05) is 0 Å². The second-order valence-electron chi connectivity index (χ2n) is 4.04. The maximum absolute atomic E-state index is 9.60. The molecule has 0 spiro atoms. The van der Waals surface area contributed by atoms with Crippen molar-refractivity contribution in [1.82, 2.24) is 14.6 Å². The fourth-order valence-electron chi connectivity index (χ4n) is 2.13. The number of pyridine rings is 1. The zero-order valence-electron chi connectivity index (χ0n) is 9.38. The lowest BCUT2D eigenvalue weighted by atomic mass is 10.1. The van der Waals surface area contributed by atoms with Crippen LogP contribution in [-0.2, 0) is 6.54 Å². The van der Waals surface area contributed by atoms with Gasteiger partial charge in [0.1, 0.15) is 5.75 Å². The van der Waals surface area contributed by atoms with E-state index in [2.05, 4.69) is 10.2 Å². The third kappa shape index (κ3) is 1.36. The van der Waals surface area contributed by atoms with Crippen LogP contribution < -0.4 is 5.73 Å². The van der Waals surface area contributed by atoms with Gasteiger partial charge in [-0.25, -0.2) is 0 Å². The van der Waals surface area contributed by atoms with Gasteiger partial charge in [0.2, 0.25) is 0 Å². The van der Waals surface area contributed by atoms with Crippen LogP contribution in [0.3, 0.4) is 0 Å². The molecule has 86 valence electrons. The standard InChI is InChI=1S/C12H12N4O/c1-7-4-11-14-15-12(6-13)16(11)10-5-8(17)2-3-9(7)10/h2-5,17H,6,13H2,1H3. The zero-order valence-corrected chi connectivity index (χ0v) is 9.38. The molecule has 0 amide bonds. The maximum atomic E-state index is 9.60. The zero-order chi connectivity index (χ0) is 12.0. The Morgan fingerprint density at radius 1 is 1.29 bits per heavy atom. The van der Waals surface area contributed by atoms with Crippen molar-refractivity contribution in [2.45, 2.75) is 13.5 Å². The summed E-state index contributed by atoms with van der Waals surface area (Å²) in [4.78, 5) is 0. The first-order chi connectivity index (χ1) is 8.20. The van der Waals surface area contributed by atoms with Gasteiger partial charge in [0, 0.05) is 11.5 Å². The summed E-state index contributed by atoms with van der Waals surface area (Å²) in [5, 5.41) is 18.8. The Morgan fingerprint density at radius 2 is 2.12 bits per heavy atom. The summed E-state index contributed by atoms with van der Waals surface area (Å²) in [5.74, 6) is 0.914. The summed E-state index contributed by atoms with van der Waals surface area (Å²) in [7, 11) is 0. The van der Waals surface area contributed by atoms with Crippen LogP contribution in [-0.4, -0.2) is 19.7 Å². The molecule has 1 aromatic carbocycles. The van der Waals surface area contributed by atoms with Crippen molar-refractivity contribution in [2.24, 2.45) is 5.73 Å². The minimum Gasteiger partial charge on any atom is -0.508 e. The number of phenolic OH excluding ortho intramolecular Hbond substituents is 1. The summed E-state index contributed by atoms with van der Waals surface area (Å²) < 4.78 is 1.88. The van der Waals surface area contributed by atoms with Crippen LogP contribution in [0.2, 0.25) is 0 Å². The Balaban J connectivity index is 2.58. The van der Waals surface area contributed by atoms with Gasteiger partial charge in [0.15, 0.2) is 11.5 Å². The van der Waals surface area contributed by atoms with Crippen molar-refractivity contribution in [1.29, 1.82) is 0 Å². The Morgan fingerprint density at radius 3 is 2.88 bits per heavy atom. The van der Waals surface area contributed by atoms with Gasteiger partial charge in [0.05, 0.1) is 12.1 Å². The lowest BCUT2D eigenvalue weighted by Crippen LogP contribution is -2.03. The van der Waals surface area contributed by atoms with Gasteiger partial charge < -0.3 is 10.8 Å². The largest absolute Gasteiger partial charge is 0.508 e. The molecule has 0 unspecified atom stereocenters. The van der Waals surface area contributed by atoms with E-state index in [1.54, 1.807) is 12.1 Å². The smallest absolute Gasteiger partial charge is 0.161 e. The molecular formula is C12H12N4O. The maximum Gasteiger partial charge on any atom is 0.161 e. The molecule has 5 heteroatoms. The monoisotopic (exact) mass is 228 g/mol. The summed E-state index contributed by atoms with van der Waals surface area (Å²) >= 11 is 0. The molecule has 2 heterocycles. The first-order valence-electron chi connectivity index (χ1n) is 5.37. The van der Waals surface area contributed by atoms with Crippen molar-refractivity contribution < 1.29 is 5.11 Å². The number of nitrogens with zero attached hydrogens (tertiary/aromatic N) is 3. The average Bonchev–Trinajstić information content (AvgIpc) is 2.71. The van der Waals surface area contributed by atoms with E-state index in [1.165, 1.54) is 0 Å². The van der Waals surface area contributed by atoms with Crippen LogP contribution in [0.5, 0.6) is 5.75 Å². The number of hydrogen-bond acceptors (Lipinski definition) is 4. The van der Waals surface area contributed by atoms with Gasteiger partial charge in [-0.2, -0.15) is 0 Å². The molecule has 3 rings (SSSR count). The van der Waals surface area contributed by atoms with Gasteiger partial charge >= 0.3 is 0 Å². The average molecular weight is 228 g/mol. The molecule has 0 aliphatic heterocycles. The van der Waals surface area contributed by atoms with E-state index in [-0.39, 0.29) is 5.75 Å². The Labute approximate surface area is 97.5 Å². The van der Waals surface area contributed by atoms with Crippen molar-refractivity contribution in [3.63, 3.8) is 0 Å². The molecule has 3 aromatic rings. The third-order valence-corrected chi connectivity index (χ3v) is 2.93. The van der Waals surface area contributed by atoms with Gasteiger partial charge in [-0.05, 0) is 30.7 Å². The molecule has 0 aliphatic carbocycles. The van der Waals surface area contributed by atoms with Crippen LogP contribution >= 0.6 is 0 Å². The number of aromatic hydroxyl groups is 1. The first-order valence-corrected chi connectivity index (χ1v) is 5.37. The normalized spacial score (nSPS) is 11.4. The first kappa shape index (κ1) is 10.0. The highest BCUT2D eigenvalue weighted by atomic mass is 16.3. The number of aromatic nitrogens is 3. The number of fused-ring (bicyclic) bond motifs is 3.